The van der Waals surface area contributed by atoms with Crippen LogP contribution < -0.4 is 5.32 Å². The highest BCUT2D eigenvalue weighted by Gasteiger charge is 2.31. The third-order valence-corrected chi connectivity index (χ3v) is 1.81. The molecule has 0 fully saturated rings. The van der Waals surface area contributed by atoms with Crippen LogP contribution in [0.2, 0.25) is 0 Å². The van der Waals surface area contributed by atoms with Gasteiger partial charge in [0.2, 0.25) is 0 Å². The maximum atomic E-state index is 9.40. The van der Waals surface area contributed by atoms with Gasteiger partial charge in [0.15, 0.2) is 0 Å². The molecule has 4 nitrogen and oxygen atoms in total. The first-order valence-corrected chi connectivity index (χ1v) is 4.21. The van der Waals surface area contributed by atoms with Crippen LogP contribution in [0, 0.1) is 10.5 Å². The maximum absolute atomic E-state index is 9.40. The first-order valence-electron chi connectivity index (χ1n) is 4.21. The average molecular weight is 186 g/mol. The van der Waals surface area contributed by atoms with Gasteiger partial charge in [0, 0.05) is 17.5 Å². The summed E-state index contributed by atoms with van der Waals surface area (Å²) in [4.78, 5) is 7.50. The second-order valence-electron chi connectivity index (χ2n) is 4.54. The van der Waals surface area contributed by atoms with Crippen molar-refractivity contribution in [3.05, 3.63) is 16.7 Å². The summed E-state index contributed by atoms with van der Waals surface area (Å²) in [5.74, 6) is 0.499. The van der Waals surface area contributed by atoms with Crippen molar-refractivity contribution in [2.75, 3.05) is 0 Å². The molecule has 0 unspecified atom stereocenters. The first kappa shape index (κ1) is 12.1. The van der Waals surface area contributed by atoms with E-state index in [2.05, 4.69) is 38.6 Å². The Hall–Kier alpha value is -0.900. The van der Waals surface area contributed by atoms with Gasteiger partial charge in [-0.2, -0.15) is 4.91 Å². The van der Waals surface area contributed by atoms with Crippen LogP contribution in [0.3, 0.4) is 0 Å². The van der Waals surface area contributed by atoms with Gasteiger partial charge in [-0.05, 0) is 33.8 Å². The van der Waals surface area contributed by atoms with Crippen molar-refractivity contribution in [1.29, 1.82) is 5.59 Å². The molecule has 0 radical (unpaired) electrons. The van der Waals surface area contributed by atoms with Crippen LogP contribution in [0.4, 0.5) is 0 Å². The van der Waals surface area contributed by atoms with Gasteiger partial charge in [-0.1, -0.05) is 5.59 Å². The fourth-order valence-corrected chi connectivity index (χ4v) is 1.87. The van der Waals surface area contributed by atoms with Crippen LogP contribution in [0.15, 0.2) is 11.8 Å². The zero-order valence-corrected chi connectivity index (χ0v) is 8.64. The zero-order chi connectivity index (χ0) is 10.7. The first-order chi connectivity index (χ1) is 5.81. The van der Waals surface area contributed by atoms with Crippen LogP contribution in [-0.4, -0.2) is 16.2 Å². The van der Waals surface area contributed by atoms with E-state index in [1.165, 1.54) is 0 Å². The molecule has 0 aliphatic carbocycles. The summed E-state index contributed by atoms with van der Waals surface area (Å²) in [5, 5.41) is 12.8. The largest absolute Gasteiger partial charge is 0.513 e. The van der Waals surface area contributed by atoms with Crippen molar-refractivity contribution in [2.45, 2.75) is 45.2 Å². The lowest BCUT2D eigenvalue weighted by atomic mass is 9.87. The summed E-state index contributed by atoms with van der Waals surface area (Å²) in [6.45, 7) is 8.31. The van der Waals surface area contributed by atoms with E-state index in [9.17, 15) is 5.11 Å². The molecule has 0 saturated carbocycles. The van der Waals surface area contributed by atoms with Gasteiger partial charge in [-0.25, -0.2) is 0 Å². The van der Waals surface area contributed by atoms with Gasteiger partial charge in [0.05, 0.1) is 5.76 Å². The van der Waals surface area contributed by atoms with Crippen molar-refractivity contribution >= 4 is 0 Å². The third-order valence-electron chi connectivity index (χ3n) is 1.81. The van der Waals surface area contributed by atoms with E-state index in [1.54, 1.807) is 0 Å². The third kappa shape index (κ3) is 4.03. The molecule has 4 heteroatoms. The van der Waals surface area contributed by atoms with Gasteiger partial charge < -0.3 is 10.4 Å². The van der Waals surface area contributed by atoms with E-state index < -0.39 is 0 Å². The Labute approximate surface area is 78.8 Å². The van der Waals surface area contributed by atoms with Gasteiger partial charge in [0.25, 0.3) is 0 Å². The topological polar surface area (TPSA) is 73.2 Å². The molecule has 1 aliphatic rings. The molecule has 1 aliphatic heterocycles. The molecule has 0 aromatic heterocycles. The summed E-state index contributed by atoms with van der Waals surface area (Å²) in [7, 11) is 0. The molecule has 0 atom stereocenters. The summed E-state index contributed by atoms with van der Waals surface area (Å²) >= 11 is 0. The Morgan fingerprint density at radius 2 is 1.85 bits per heavy atom. The minimum atomic E-state index is -0.0775. The Kier molecular flexibility index (Phi) is 3.60. The second-order valence-corrected chi connectivity index (χ2v) is 4.54. The van der Waals surface area contributed by atoms with E-state index >= 15 is 0 Å². The van der Waals surface area contributed by atoms with Crippen LogP contribution in [-0.2, 0) is 0 Å². The van der Waals surface area contributed by atoms with Crippen LogP contribution in [0.5, 0.6) is 0 Å². The van der Waals surface area contributed by atoms with Crippen LogP contribution in [0.25, 0.3) is 0 Å². The molecule has 0 saturated heterocycles. The van der Waals surface area contributed by atoms with Crippen molar-refractivity contribution < 1.29 is 5.11 Å². The van der Waals surface area contributed by atoms with Crippen molar-refractivity contribution in [2.24, 2.45) is 0 Å². The standard InChI is InChI=1S/C9H17NO.HNO/c1-8(2)5-7(11)6-9(3,4)10-8;1-2/h5,10-11H,6H2,1-4H3;1H. The van der Waals surface area contributed by atoms with Crippen molar-refractivity contribution in [3.63, 3.8) is 0 Å². The van der Waals surface area contributed by atoms with Crippen molar-refractivity contribution in [3.8, 4) is 0 Å². The smallest absolute Gasteiger partial charge is 0.0919 e. The highest BCUT2D eigenvalue weighted by atomic mass is 16.3. The number of hydrogen-bond acceptors (Lipinski definition) is 4. The lowest BCUT2D eigenvalue weighted by molar-refractivity contribution is 0.229. The average Bonchev–Trinajstić information content (AvgIpc) is 1.82. The van der Waals surface area contributed by atoms with E-state index in [-0.39, 0.29) is 11.1 Å². The molecule has 0 aromatic rings. The summed E-state index contributed by atoms with van der Waals surface area (Å²) in [6.07, 6.45) is 2.59. The normalized spacial score (nSPS) is 23.8. The molecule has 13 heavy (non-hydrogen) atoms. The monoisotopic (exact) mass is 186 g/mol. The molecule has 0 amide bonds. The predicted octanol–water partition coefficient (Wildman–Crippen LogP) is 2.31. The summed E-state index contributed by atoms with van der Waals surface area (Å²) in [5.41, 5.74) is 4.44. The Morgan fingerprint density at radius 1 is 1.38 bits per heavy atom. The number of rotatable bonds is 0. The fourth-order valence-electron chi connectivity index (χ4n) is 1.87. The van der Waals surface area contributed by atoms with E-state index in [1.807, 2.05) is 6.08 Å². The van der Waals surface area contributed by atoms with Crippen LogP contribution >= 0.6 is 0 Å². The highest BCUT2D eigenvalue weighted by Crippen LogP contribution is 2.25. The molecule has 76 valence electrons. The van der Waals surface area contributed by atoms with Gasteiger partial charge in [0.1, 0.15) is 0 Å². The summed E-state index contributed by atoms with van der Waals surface area (Å²) < 4.78 is 0. The molecule has 3 N–H and O–H groups in total. The molecular formula is C9H18N2O2. The molecule has 0 aromatic carbocycles. The number of nitrogens with one attached hydrogen (secondary N) is 2. The number of nitroso groups, excluding NO2 is 1. The number of aliphatic hydroxyl groups is 1. The highest BCUT2D eigenvalue weighted by molar-refractivity contribution is 5.15. The Morgan fingerprint density at radius 3 is 2.15 bits per heavy atom. The minimum absolute atomic E-state index is 0.0162. The number of aliphatic hydroxyl groups excluding tert-OH is 1. The zero-order valence-electron chi connectivity index (χ0n) is 8.64. The van der Waals surface area contributed by atoms with E-state index in [0.29, 0.717) is 5.76 Å². The molecule has 1 rings (SSSR count). The van der Waals surface area contributed by atoms with E-state index in [0.717, 1.165) is 6.42 Å². The quantitative estimate of drug-likeness (QED) is 0.508. The van der Waals surface area contributed by atoms with Crippen molar-refractivity contribution in [1.82, 2.24) is 5.32 Å². The Balaban J connectivity index is 0.000000671. The fraction of sp³-hybridized carbons (Fsp3) is 0.778. The van der Waals surface area contributed by atoms with Gasteiger partial charge in [-0.15, -0.1) is 0 Å². The minimum Gasteiger partial charge on any atom is -0.513 e. The summed E-state index contributed by atoms with van der Waals surface area (Å²) in [6, 6.07) is 0. The lowest BCUT2D eigenvalue weighted by Gasteiger charge is -2.39. The molecule has 0 spiro atoms. The predicted molar refractivity (Wildman–Crippen MR) is 52.7 cm³/mol. The molecule has 1 heterocycles. The maximum Gasteiger partial charge on any atom is 0.0919 e. The Bertz CT molecular complexity index is 210. The molecule has 0 bridgehead atoms. The van der Waals surface area contributed by atoms with Crippen LogP contribution in [0.1, 0.15) is 34.1 Å². The number of hydrogen-bond donors (Lipinski definition) is 3. The van der Waals surface area contributed by atoms with E-state index in [4.69, 9.17) is 4.91 Å². The second kappa shape index (κ2) is 3.87. The lowest BCUT2D eigenvalue weighted by Crippen LogP contribution is -2.54. The van der Waals surface area contributed by atoms with Gasteiger partial charge in [-0.3, -0.25) is 0 Å². The molecular weight excluding hydrogens is 168 g/mol. The SMILES string of the molecule is CC1(C)C=C(O)CC(C)(C)N1.N=O. The van der Waals surface area contributed by atoms with Gasteiger partial charge >= 0.3 is 0 Å².